The molecule has 2 amide bonds. The van der Waals surface area contributed by atoms with Gasteiger partial charge in [0.05, 0.1) is 5.69 Å². The molecule has 1 saturated heterocycles. The summed E-state index contributed by atoms with van der Waals surface area (Å²) in [7, 11) is 0. The van der Waals surface area contributed by atoms with Crippen LogP contribution < -0.4 is 0 Å². The Labute approximate surface area is 196 Å². The lowest BCUT2D eigenvalue weighted by Gasteiger charge is -2.35. The van der Waals surface area contributed by atoms with Crippen molar-refractivity contribution in [2.45, 2.75) is 33.1 Å². The molecule has 5 nitrogen and oxygen atoms in total. The molecule has 0 atom stereocenters. The highest BCUT2D eigenvalue weighted by Gasteiger charge is 2.26. The maximum atomic E-state index is 13.0. The fraction of sp³-hybridized carbons (Fsp3) is 0.321. The minimum absolute atomic E-state index is 0.000352. The zero-order valence-corrected chi connectivity index (χ0v) is 19.8. The number of pyridine rings is 1. The molecule has 0 bridgehead atoms. The van der Waals surface area contributed by atoms with Crippen LogP contribution in [0.25, 0.3) is 11.3 Å². The molecule has 4 rings (SSSR count). The summed E-state index contributed by atoms with van der Waals surface area (Å²) in [5.41, 5.74) is 5.66. The topological polar surface area (TPSA) is 53.5 Å². The summed E-state index contributed by atoms with van der Waals surface area (Å²) >= 11 is 0. The van der Waals surface area contributed by atoms with Crippen molar-refractivity contribution < 1.29 is 9.59 Å². The number of rotatable bonds is 3. The molecule has 0 spiro atoms. The highest BCUT2D eigenvalue weighted by Crippen LogP contribution is 2.23. The molecule has 1 fully saturated rings. The van der Waals surface area contributed by atoms with Crippen LogP contribution in [-0.2, 0) is 5.41 Å². The molecule has 1 aliphatic heterocycles. The smallest absolute Gasteiger partial charge is 0.253 e. The fourth-order valence-electron chi connectivity index (χ4n) is 4.07. The fourth-order valence-corrected chi connectivity index (χ4v) is 4.07. The summed E-state index contributed by atoms with van der Waals surface area (Å²) in [5, 5.41) is 0. The normalized spacial score (nSPS) is 14.3. The number of carbonyl (C=O) groups excluding carboxylic acids is 2. The zero-order chi connectivity index (χ0) is 23.6. The number of aryl methyl sites for hydroxylation is 1. The van der Waals surface area contributed by atoms with Crippen molar-refractivity contribution >= 4 is 11.8 Å². The van der Waals surface area contributed by atoms with Crippen molar-refractivity contribution in [1.82, 2.24) is 14.8 Å². The summed E-state index contributed by atoms with van der Waals surface area (Å²) in [6, 6.07) is 19.5. The second kappa shape index (κ2) is 9.18. The second-order valence-electron chi connectivity index (χ2n) is 9.71. The van der Waals surface area contributed by atoms with Crippen LogP contribution >= 0.6 is 0 Å². The highest BCUT2D eigenvalue weighted by atomic mass is 16.2. The molecule has 1 aromatic heterocycles. The predicted octanol–water partition coefficient (Wildman–Crippen LogP) is 4.95. The van der Waals surface area contributed by atoms with Crippen LogP contribution in [-0.4, -0.2) is 52.8 Å². The molecule has 0 unspecified atom stereocenters. The third-order valence-electron chi connectivity index (χ3n) is 6.20. The molecule has 0 N–H and O–H groups in total. The Hall–Kier alpha value is -3.47. The van der Waals surface area contributed by atoms with Crippen LogP contribution in [0.1, 0.15) is 52.6 Å². The number of aromatic nitrogens is 1. The van der Waals surface area contributed by atoms with Gasteiger partial charge in [-0.25, -0.2) is 0 Å². The van der Waals surface area contributed by atoms with E-state index in [1.165, 1.54) is 5.56 Å². The third-order valence-corrected chi connectivity index (χ3v) is 6.20. The van der Waals surface area contributed by atoms with Crippen molar-refractivity contribution in [3.8, 4) is 11.3 Å². The number of amides is 2. The summed E-state index contributed by atoms with van der Waals surface area (Å²) in [5.74, 6) is 0.0259. The number of carbonyl (C=O) groups is 2. The first-order valence-corrected chi connectivity index (χ1v) is 11.4. The zero-order valence-electron chi connectivity index (χ0n) is 19.8. The van der Waals surface area contributed by atoms with E-state index in [-0.39, 0.29) is 17.2 Å². The molecule has 0 aliphatic carbocycles. The van der Waals surface area contributed by atoms with Crippen molar-refractivity contribution in [1.29, 1.82) is 0 Å². The number of nitrogens with zero attached hydrogens (tertiary/aromatic N) is 3. The maximum Gasteiger partial charge on any atom is 0.253 e. The molecule has 2 heterocycles. The van der Waals surface area contributed by atoms with Gasteiger partial charge >= 0.3 is 0 Å². The Morgan fingerprint density at radius 2 is 1.24 bits per heavy atom. The van der Waals surface area contributed by atoms with Crippen LogP contribution in [0.15, 0.2) is 66.9 Å². The van der Waals surface area contributed by atoms with Gasteiger partial charge in [0, 0.05) is 49.1 Å². The van der Waals surface area contributed by atoms with Crippen molar-refractivity contribution in [3.63, 3.8) is 0 Å². The minimum atomic E-state index is 0.000352. The average molecular weight is 442 g/mol. The van der Waals surface area contributed by atoms with Gasteiger partial charge in [-0.05, 0) is 59.9 Å². The first-order valence-electron chi connectivity index (χ1n) is 11.4. The lowest BCUT2D eigenvalue weighted by molar-refractivity contribution is 0.0535. The minimum Gasteiger partial charge on any atom is -0.335 e. The SMILES string of the molecule is Cc1ccnc(-c2ccc(C(=O)N3CCN(C(=O)c4ccc(C(C)(C)C)cc4)CC3)cc2)c1. The predicted molar refractivity (Wildman–Crippen MR) is 131 cm³/mol. The van der Waals surface area contributed by atoms with Crippen LogP contribution in [0, 0.1) is 6.92 Å². The lowest BCUT2D eigenvalue weighted by atomic mass is 9.86. The number of hydrogen-bond donors (Lipinski definition) is 0. The molecule has 2 aromatic carbocycles. The molecular formula is C28H31N3O2. The van der Waals surface area contributed by atoms with E-state index in [2.05, 4.69) is 25.8 Å². The Morgan fingerprint density at radius 3 is 1.70 bits per heavy atom. The summed E-state index contributed by atoms with van der Waals surface area (Å²) in [4.78, 5) is 34.0. The summed E-state index contributed by atoms with van der Waals surface area (Å²) in [6.45, 7) is 10.7. The molecule has 5 heteroatoms. The molecule has 170 valence electrons. The molecule has 0 saturated carbocycles. The van der Waals surface area contributed by atoms with E-state index in [1.807, 2.05) is 77.4 Å². The molecule has 33 heavy (non-hydrogen) atoms. The third kappa shape index (κ3) is 5.14. The maximum absolute atomic E-state index is 13.0. The van der Waals surface area contributed by atoms with Gasteiger partial charge in [-0.1, -0.05) is 45.0 Å². The molecule has 0 radical (unpaired) electrons. The van der Waals surface area contributed by atoms with E-state index in [9.17, 15) is 9.59 Å². The van der Waals surface area contributed by atoms with Crippen LogP contribution in [0.2, 0.25) is 0 Å². The summed E-state index contributed by atoms with van der Waals surface area (Å²) < 4.78 is 0. The molecule has 3 aromatic rings. The quantitative estimate of drug-likeness (QED) is 0.578. The van der Waals surface area contributed by atoms with Gasteiger partial charge in [-0.2, -0.15) is 0 Å². The van der Waals surface area contributed by atoms with E-state index >= 15 is 0 Å². The second-order valence-corrected chi connectivity index (χ2v) is 9.71. The summed E-state index contributed by atoms with van der Waals surface area (Å²) in [6.07, 6.45) is 1.80. The Bertz CT molecular complexity index is 1140. The Kier molecular flexibility index (Phi) is 6.32. The number of piperazine rings is 1. The first kappa shape index (κ1) is 22.7. The van der Waals surface area contributed by atoms with Gasteiger partial charge in [0.15, 0.2) is 0 Å². The van der Waals surface area contributed by atoms with E-state index in [0.29, 0.717) is 37.3 Å². The van der Waals surface area contributed by atoms with Crippen molar-refractivity contribution in [2.75, 3.05) is 26.2 Å². The molecule has 1 aliphatic rings. The number of hydrogen-bond acceptors (Lipinski definition) is 3. The van der Waals surface area contributed by atoms with Gasteiger partial charge in [0.1, 0.15) is 0 Å². The van der Waals surface area contributed by atoms with E-state index in [1.54, 1.807) is 6.20 Å². The van der Waals surface area contributed by atoms with Crippen LogP contribution in [0.5, 0.6) is 0 Å². The van der Waals surface area contributed by atoms with E-state index < -0.39 is 0 Å². The van der Waals surface area contributed by atoms with Crippen LogP contribution in [0.4, 0.5) is 0 Å². The van der Waals surface area contributed by atoms with E-state index in [4.69, 9.17) is 0 Å². The Morgan fingerprint density at radius 1 is 0.758 bits per heavy atom. The highest BCUT2D eigenvalue weighted by molar-refractivity contribution is 5.96. The molecular weight excluding hydrogens is 410 g/mol. The van der Waals surface area contributed by atoms with Gasteiger partial charge in [0.2, 0.25) is 0 Å². The van der Waals surface area contributed by atoms with Gasteiger partial charge in [0.25, 0.3) is 11.8 Å². The number of benzene rings is 2. The van der Waals surface area contributed by atoms with Crippen LogP contribution in [0.3, 0.4) is 0 Å². The largest absolute Gasteiger partial charge is 0.335 e. The van der Waals surface area contributed by atoms with Crippen molar-refractivity contribution in [3.05, 3.63) is 89.1 Å². The van der Waals surface area contributed by atoms with Crippen molar-refractivity contribution in [2.24, 2.45) is 0 Å². The standard InChI is InChI=1S/C28H31N3O2/c1-20-13-14-29-25(19-20)21-5-7-22(8-6-21)26(32)30-15-17-31(18-16-30)27(33)23-9-11-24(12-10-23)28(2,3)4/h5-14,19H,15-18H2,1-4H3. The average Bonchev–Trinajstić information content (AvgIpc) is 2.83. The van der Waals surface area contributed by atoms with Gasteiger partial charge in [-0.15, -0.1) is 0 Å². The lowest BCUT2D eigenvalue weighted by Crippen LogP contribution is -2.50. The van der Waals surface area contributed by atoms with Gasteiger partial charge in [-0.3, -0.25) is 14.6 Å². The van der Waals surface area contributed by atoms with E-state index in [0.717, 1.165) is 16.8 Å². The van der Waals surface area contributed by atoms with Gasteiger partial charge < -0.3 is 9.80 Å². The monoisotopic (exact) mass is 441 g/mol. The Balaban J connectivity index is 1.36. The first-order chi connectivity index (χ1) is 15.7.